The van der Waals surface area contributed by atoms with E-state index in [9.17, 15) is 4.79 Å². The Hall–Kier alpha value is -4.57. The maximum Gasteiger partial charge on any atom is 0.338 e. The van der Waals surface area contributed by atoms with Gasteiger partial charge >= 0.3 is 5.97 Å². The Morgan fingerprint density at radius 2 is 1.49 bits per heavy atom. The summed E-state index contributed by atoms with van der Waals surface area (Å²) >= 11 is 0. The predicted molar refractivity (Wildman–Crippen MR) is 147 cm³/mol. The third kappa shape index (κ3) is 3.48. The molecule has 1 heterocycles. The molecule has 1 aliphatic rings. The lowest BCUT2D eigenvalue weighted by atomic mass is 9.81. The van der Waals surface area contributed by atoms with Crippen molar-refractivity contribution in [3.05, 3.63) is 125 Å². The van der Waals surface area contributed by atoms with Gasteiger partial charge in [-0.3, -0.25) is 0 Å². The first kappa shape index (κ1) is 22.9. The van der Waals surface area contributed by atoms with Gasteiger partial charge in [0.15, 0.2) is 5.60 Å². The van der Waals surface area contributed by atoms with E-state index in [2.05, 4.69) is 36.4 Å². The molecule has 1 atom stereocenters. The molecule has 182 valence electrons. The van der Waals surface area contributed by atoms with Gasteiger partial charge in [-0.25, -0.2) is 4.79 Å². The van der Waals surface area contributed by atoms with Gasteiger partial charge in [-0.05, 0) is 52.9 Å². The molecule has 0 aromatic heterocycles. The van der Waals surface area contributed by atoms with Crippen LogP contribution in [0.1, 0.15) is 32.6 Å². The summed E-state index contributed by atoms with van der Waals surface area (Å²) in [5.74, 6) is 1.06. The Morgan fingerprint density at radius 1 is 0.784 bits per heavy atom. The molecule has 5 aromatic carbocycles. The van der Waals surface area contributed by atoms with Crippen LogP contribution in [0.2, 0.25) is 0 Å². The third-order valence-electron chi connectivity index (χ3n) is 7.31. The van der Waals surface area contributed by atoms with Gasteiger partial charge in [-0.1, -0.05) is 78.9 Å². The highest BCUT2D eigenvalue weighted by molar-refractivity contribution is 6.16. The van der Waals surface area contributed by atoms with Crippen molar-refractivity contribution >= 4 is 33.6 Å². The van der Waals surface area contributed by atoms with Crippen LogP contribution in [0.25, 0.3) is 27.6 Å². The van der Waals surface area contributed by atoms with E-state index in [-0.39, 0.29) is 5.97 Å². The van der Waals surface area contributed by atoms with Gasteiger partial charge in [0.25, 0.3) is 0 Å². The maximum atomic E-state index is 13.1. The Morgan fingerprint density at radius 3 is 2.22 bits per heavy atom. The quantitative estimate of drug-likeness (QED) is 0.196. The number of esters is 1. The molecule has 6 rings (SSSR count). The van der Waals surface area contributed by atoms with Crippen LogP contribution < -0.4 is 9.47 Å². The number of ether oxygens (including phenoxy) is 3. The van der Waals surface area contributed by atoms with Crippen LogP contribution in [0.3, 0.4) is 0 Å². The molecule has 4 nitrogen and oxygen atoms in total. The number of carbonyl (C=O) groups excluding carboxylic acids is 1. The minimum absolute atomic E-state index is 0.381. The minimum Gasteiger partial charge on any atom is -0.497 e. The molecule has 0 saturated heterocycles. The van der Waals surface area contributed by atoms with Crippen LogP contribution in [0.15, 0.2) is 97.1 Å². The van der Waals surface area contributed by atoms with Crippen LogP contribution in [0, 0.1) is 6.92 Å². The summed E-state index contributed by atoms with van der Waals surface area (Å²) in [6.45, 7) is 1.97. The van der Waals surface area contributed by atoms with Crippen molar-refractivity contribution in [1.82, 2.24) is 0 Å². The van der Waals surface area contributed by atoms with Crippen molar-refractivity contribution in [3.63, 3.8) is 0 Å². The average molecular weight is 487 g/mol. The third-order valence-corrected chi connectivity index (χ3v) is 7.31. The van der Waals surface area contributed by atoms with Gasteiger partial charge in [0.1, 0.15) is 11.5 Å². The summed E-state index contributed by atoms with van der Waals surface area (Å²) in [6.07, 6.45) is 4.05. The monoisotopic (exact) mass is 486 g/mol. The fourth-order valence-corrected chi connectivity index (χ4v) is 5.44. The Labute approximate surface area is 215 Å². The van der Waals surface area contributed by atoms with E-state index >= 15 is 0 Å². The van der Waals surface area contributed by atoms with E-state index in [0.29, 0.717) is 11.3 Å². The minimum atomic E-state index is -0.910. The van der Waals surface area contributed by atoms with Crippen LogP contribution in [0.5, 0.6) is 11.5 Å². The van der Waals surface area contributed by atoms with E-state index in [1.807, 2.05) is 73.7 Å². The SMILES string of the molecule is COC(=O)c1c2c(c3c(ccc4ccccc43)c1C)OC(c1ccccc1)(c1ccc(OC)cc1)C=C2. The van der Waals surface area contributed by atoms with Crippen molar-refractivity contribution < 1.29 is 19.0 Å². The fraction of sp³-hybridized carbons (Fsp3) is 0.121. The van der Waals surface area contributed by atoms with Crippen molar-refractivity contribution in [2.75, 3.05) is 14.2 Å². The topological polar surface area (TPSA) is 44.8 Å². The lowest BCUT2D eigenvalue weighted by molar-refractivity contribution is 0.0598. The molecule has 4 heteroatoms. The molecule has 0 spiro atoms. The molecule has 1 unspecified atom stereocenters. The number of benzene rings is 5. The number of aryl methyl sites for hydroxylation is 1. The van der Waals surface area contributed by atoms with Gasteiger partial charge < -0.3 is 14.2 Å². The number of rotatable bonds is 4. The number of hydrogen-bond donors (Lipinski definition) is 0. The average Bonchev–Trinajstić information content (AvgIpc) is 2.97. The molecule has 1 aliphatic heterocycles. The van der Waals surface area contributed by atoms with Crippen molar-refractivity contribution in [1.29, 1.82) is 0 Å². The number of hydrogen-bond acceptors (Lipinski definition) is 4. The summed E-state index contributed by atoms with van der Waals surface area (Å²) in [6, 6.07) is 30.5. The Balaban J connectivity index is 1.72. The standard InChI is InChI=1S/C33H26O4/c1-21-26-18-13-22-9-7-8-12-27(22)30(26)31-28(29(21)32(34)36-3)19-20-33(37-31,23-10-5-4-6-11-23)24-14-16-25(35-2)17-15-24/h4-20H,1-3H3. The van der Waals surface area contributed by atoms with Gasteiger partial charge in [0.2, 0.25) is 0 Å². The molecule has 0 bridgehead atoms. The van der Waals surface area contributed by atoms with Crippen LogP contribution in [-0.2, 0) is 10.3 Å². The van der Waals surface area contributed by atoms with E-state index in [1.165, 1.54) is 7.11 Å². The number of methoxy groups -OCH3 is 2. The van der Waals surface area contributed by atoms with E-state index < -0.39 is 5.60 Å². The summed E-state index contributed by atoms with van der Waals surface area (Å²) in [5, 5.41) is 4.12. The molecule has 0 amide bonds. The smallest absolute Gasteiger partial charge is 0.338 e. The summed E-state index contributed by atoms with van der Waals surface area (Å²) in [5.41, 5.74) is 3.15. The van der Waals surface area contributed by atoms with Gasteiger partial charge in [-0.2, -0.15) is 0 Å². The largest absolute Gasteiger partial charge is 0.497 e. The van der Waals surface area contributed by atoms with Gasteiger partial charge in [0.05, 0.1) is 19.8 Å². The molecule has 0 N–H and O–H groups in total. The van der Waals surface area contributed by atoms with Crippen LogP contribution in [0.4, 0.5) is 0 Å². The fourth-order valence-electron chi connectivity index (χ4n) is 5.44. The van der Waals surface area contributed by atoms with E-state index in [4.69, 9.17) is 14.2 Å². The first-order chi connectivity index (χ1) is 18.1. The van der Waals surface area contributed by atoms with Crippen molar-refractivity contribution in [2.24, 2.45) is 0 Å². The zero-order valence-electron chi connectivity index (χ0n) is 20.9. The molecule has 0 radical (unpaired) electrons. The summed E-state index contributed by atoms with van der Waals surface area (Å²) < 4.78 is 17.8. The van der Waals surface area contributed by atoms with Crippen molar-refractivity contribution in [3.8, 4) is 11.5 Å². The van der Waals surface area contributed by atoms with Crippen LogP contribution >= 0.6 is 0 Å². The van der Waals surface area contributed by atoms with Crippen molar-refractivity contribution in [2.45, 2.75) is 12.5 Å². The Kier molecular flexibility index (Phi) is 5.45. The highest BCUT2D eigenvalue weighted by atomic mass is 16.5. The lowest BCUT2D eigenvalue weighted by Crippen LogP contribution is -2.34. The van der Waals surface area contributed by atoms with E-state index in [0.717, 1.165) is 49.5 Å². The second-order valence-corrected chi connectivity index (χ2v) is 9.21. The molecular formula is C33H26O4. The first-order valence-electron chi connectivity index (χ1n) is 12.2. The molecule has 0 aliphatic carbocycles. The Bertz CT molecular complexity index is 1680. The summed E-state index contributed by atoms with van der Waals surface area (Å²) in [7, 11) is 3.07. The molecule has 5 aromatic rings. The van der Waals surface area contributed by atoms with Crippen LogP contribution in [-0.4, -0.2) is 20.2 Å². The predicted octanol–water partition coefficient (Wildman–Crippen LogP) is 7.45. The second-order valence-electron chi connectivity index (χ2n) is 9.21. The molecule has 37 heavy (non-hydrogen) atoms. The van der Waals surface area contributed by atoms with Gasteiger partial charge in [0, 0.05) is 22.1 Å². The number of carbonyl (C=O) groups is 1. The summed E-state index contributed by atoms with van der Waals surface area (Å²) in [4.78, 5) is 13.1. The maximum absolute atomic E-state index is 13.1. The zero-order chi connectivity index (χ0) is 25.6. The highest BCUT2D eigenvalue weighted by Gasteiger charge is 2.39. The molecule has 0 saturated carbocycles. The second kappa shape index (κ2) is 8.82. The highest BCUT2D eigenvalue weighted by Crippen LogP contribution is 2.49. The van der Waals surface area contributed by atoms with E-state index in [1.54, 1.807) is 7.11 Å². The first-order valence-corrected chi connectivity index (χ1v) is 12.2. The number of fused-ring (bicyclic) bond motifs is 5. The lowest BCUT2D eigenvalue weighted by Gasteiger charge is -2.37. The van der Waals surface area contributed by atoms with Gasteiger partial charge in [-0.15, -0.1) is 0 Å². The molecular weight excluding hydrogens is 460 g/mol. The normalized spacial score (nSPS) is 16.3. The molecule has 0 fully saturated rings. The zero-order valence-corrected chi connectivity index (χ0v) is 20.9.